The summed E-state index contributed by atoms with van der Waals surface area (Å²) in [6.45, 7) is 2.02. The maximum Gasteiger partial charge on any atom is 0.205 e. The quantitative estimate of drug-likeness (QED) is 0.673. The van der Waals surface area contributed by atoms with Crippen molar-refractivity contribution in [2.24, 2.45) is 0 Å². The van der Waals surface area contributed by atoms with Crippen molar-refractivity contribution in [1.82, 2.24) is 9.97 Å². The number of aryl methyl sites for hydroxylation is 1. The van der Waals surface area contributed by atoms with Crippen molar-refractivity contribution in [1.29, 1.82) is 0 Å². The number of aromatic nitrogens is 2. The lowest BCUT2D eigenvalue weighted by Crippen LogP contribution is -1.92. The first kappa shape index (κ1) is 14.3. The van der Waals surface area contributed by atoms with E-state index in [1.54, 1.807) is 17.4 Å². The molecule has 2 N–H and O–H groups in total. The Bertz CT molecular complexity index is 705. The molecule has 3 nitrogen and oxygen atoms in total. The van der Waals surface area contributed by atoms with Crippen LogP contribution in [0.2, 0.25) is 0 Å². The average molecular weight is 363 g/mol. The predicted molar refractivity (Wildman–Crippen MR) is 83.3 cm³/mol. The van der Waals surface area contributed by atoms with Crippen LogP contribution in [0.5, 0.6) is 0 Å². The maximum atomic E-state index is 13.1. The molecule has 3 aromatic rings. The Kier molecular flexibility index (Phi) is 4.13. The van der Waals surface area contributed by atoms with Crippen molar-refractivity contribution < 1.29 is 4.39 Å². The third-order valence-electron chi connectivity index (χ3n) is 2.62. The van der Waals surface area contributed by atoms with Gasteiger partial charge in [-0.3, -0.25) is 0 Å². The van der Waals surface area contributed by atoms with Crippen LogP contribution < -0.4 is 5.32 Å². The Labute approximate surface area is 127 Å². The number of anilines is 2. The normalized spacial score (nSPS) is 10.5. The number of hydrogen-bond acceptors (Lipinski definition) is 3. The van der Waals surface area contributed by atoms with E-state index in [1.807, 2.05) is 6.92 Å². The fourth-order valence-corrected chi connectivity index (χ4v) is 3.14. The summed E-state index contributed by atoms with van der Waals surface area (Å²) in [4.78, 5) is 7.42. The van der Waals surface area contributed by atoms with Crippen LogP contribution in [-0.2, 0) is 0 Å². The Balaban J connectivity index is 0.00000133. The minimum atomic E-state index is -0.284. The van der Waals surface area contributed by atoms with Crippen LogP contribution in [-0.4, -0.2) is 9.97 Å². The molecule has 100 valence electrons. The van der Waals surface area contributed by atoms with Crippen molar-refractivity contribution in [2.45, 2.75) is 6.92 Å². The van der Waals surface area contributed by atoms with Gasteiger partial charge in [-0.25, -0.2) is 9.37 Å². The standard InChI is InChI=1S/C12H9BrFN3S.ClH/c1-6-5-18-11(13)10(6)17-12-15-8-3-2-7(14)4-9(8)16-12;/h2-5H,1H3,(H2,15,16,17);1H. The highest BCUT2D eigenvalue weighted by molar-refractivity contribution is 9.11. The molecule has 0 aliphatic heterocycles. The van der Waals surface area contributed by atoms with Crippen LogP contribution in [0.15, 0.2) is 27.4 Å². The number of H-pyrrole nitrogens is 1. The average Bonchev–Trinajstić information content (AvgIpc) is 2.86. The van der Waals surface area contributed by atoms with Crippen molar-refractivity contribution in [3.8, 4) is 0 Å². The summed E-state index contributed by atoms with van der Waals surface area (Å²) >= 11 is 5.10. The summed E-state index contributed by atoms with van der Waals surface area (Å²) in [7, 11) is 0. The second-order valence-electron chi connectivity index (χ2n) is 3.94. The summed E-state index contributed by atoms with van der Waals surface area (Å²) in [5.74, 6) is 0.325. The van der Waals surface area contributed by atoms with Gasteiger partial charge in [0.2, 0.25) is 5.95 Å². The van der Waals surface area contributed by atoms with Crippen LogP contribution >= 0.6 is 39.7 Å². The van der Waals surface area contributed by atoms with Gasteiger partial charge in [-0.05, 0) is 45.9 Å². The van der Waals surface area contributed by atoms with E-state index in [1.165, 1.54) is 12.1 Å². The lowest BCUT2D eigenvalue weighted by atomic mass is 10.3. The van der Waals surface area contributed by atoms with Gasteiger partial charge in [0.25, 0.3) is 0 Å². The SMILES string of the molecule is Cc1csc(Br)c1Nc1nc2cc(F)ccc2[nH]1.Cl. The van der Waals surface area contributed by atoms with Gasteiger partial charge in [-0.15, -0.1) is 23.7 Å². The number of fused-ring (bicyclic) bond motifs is 1. The van der Waals surface area contributed by atoms with Gasteiger partial charge >= 0.3 is 0 Å². The molecule has 2 heterocycles. The second kappa shape index (κ2) is 5.48. The summed E-state index contributed by atoms with van der Waals surface area (Å²) in [5, 5.41) is 5.25. The van der Waals surface area contributed by atoms with Crippen molar-refractivity contribution >= 4 is 62.3 Å². The highest BCUT2D eigenvalue weighted by atomic mass is 79.9. The summed E-state index contributed by atoms with van der Waals surface area (Å²) in [6.07, 6.45) is 0. The molecular weight excluding hydrogens is 353 g/mol. The van der Waals surface area contributed by atoms with Crippen molar-refractivity contribution in [2.75, 3.05) is 5.32 Å². The van der Waals surface area contributed by atoms with E-state index in [4.69, 9.17) is 0 Å². The molecule has 7 heteroatoms. The Morgan fingerprint density at radius 1 is 1.42 bits per heavy atom. The number of hydrogen-bond donors (Lipinski definition) is 2. The van der Waals surface area contributed by atoms with E-state index in [2.05, 4.69) is 36.6 Å². The van der Waals surface area contributed by atoms with Crippen molar-refractivity contribution in [3.05, 3.63) is 38.7 Å². The first-order valence-corrected chi connectivity index (χ1v) is 6.96. The minimum Gasteiger partial charge on any atom is -0.324 e. The van der Waals surface area contributed by atoms with E-state index >= 15 is 0 Å². The topological polar surface area (TPSA) is 40.7 Å². The predicted octanol–water partition coefficient (Wildman–Crippen LogP) is 5.00. The molecule has 3 rings (SSSR count). The molecule has 0 aliphatic carbocycles. The zero-order valence-electron chi connectivity index (χ0n) is 9.83. The molecule has 0 radical (unpaired) electrons. The first-order chi connectivity index (χ1) is 8.63. The number of thiophene rings is 1. The van der Waals surface area contributed by atoms with E-state index < -0.39 is 0 Å². The Morgan fingerprint density at radius 3 is 2.89 bits per heavy atom. The highest BCUT2D eigenvalue weighted by Gasteiger charge is 2.09. The van der Waals surface area contributed by atoms with Crippen molar-refractivity contribution in [3.63, 3.8) is 0 Å². The van der Waals surface area contributed by atoms with E-state index in [9.17, 15) is 4.39 Å². The number of nitrogens with one attached hydrogen (secondary N) is 2. The number of halogens is 3. The van der Waals surface area contributed by atoms with E-state index in [0.717, 1.165) is 20.6 Å². The Hall–Kier alpha value is -1.11. The molecule has 1 aromatic carbocycles. The molecule has 0 amide bonds. The van der Waals surface area contributed by atoms with Gasteiger partial charge in [0, 0.05) is 6.07 Å². The molecule has 0 aliphatic rings. The van der Waals surface area contributed by atoms with Crippen LogP contribution in [0.25, 0.3) is 11.0 Å². The fourth-order valence-electron chi connectivity index (χ4n) is 1.72. The number of aromatic amines is 1. The van der Waals surface area contributed by atoms with Gasteiger partial charge < -0.3 is 10.3 Å². The first-order valence-electron chi connectivity index (χ1n) is 5.29. The molecule has 19 heavy (non-hydrogen) atoms. The van der Waals surface area contributed by atoms with Crippen LogP contribution in [0, 0.1) is 12.7 Å². The summed E-state index contributed by atoms with van der Waals surface area (Å²) in [6, 6.07) is 4.50. The number of nitrogens with zero attached hydrogens (tertiary/aromatic N) is 1. The molecule has 0 saturated heterocycles. The molecule has 0 fully saturated rings. The molecule has 0 atom stereocenters. The zero-order valence-corrected chi connectivity index (χ0v) is 13.0. The fraction of sp³-hybridized carbons (Fsp3) is 0.0833. The minimum absolute atomic E-state index is 0. The summed E-state index contributed by atoms with van der Waals surface area (Å²) < 4.78 is 14.1. The third kappa shape index (κ3) is 2.75. The summed E-state index contributed by atoms with van der Waals surface area (Å²) in [5.41, 5.74) is 3.54. The maximum absolute atomic E-state index is 13.1. The molecule has 0 bridgehead atoms. The Morgan fingerprint density at radius 2 is 2.21 bits per heavy atom. The van der Waals surface area contributed by atoms with Gasteiger partial charge in [0.05, 0.1) is 20.5 Å². The van der Waals surface area contributed by atoms with Gasteiger partial charge in [-0.1, -0.05) is 0 Å². The van der Waals surface area contributed by atoms with E-state index in [-0.39, 0.29) is 18.2 Å². The second-order valence-corrected chi connectivity index (χ2v) is 6.14. The highest BCUT2D eigenvalue weighted by Crippen LogP contribution is 2.34. The number of imidazole rings is 1. The largest absolute Gasteiger partial charge is 0.324 e. The van der Waals surface area contributed by atoms with Crippen LogP contribution in [0.4, 0.5) is 16.0 Å². The third-order valence-corrected chi connectivity index (χ3v) is 4.46. The smallest absolute Gasteiger partial charge is 0.205 e. The van der Waals surface area contributed by atoms with Crippen LogP contribution in [0.1, 0.15) is 5.56 Å². The molecule has 2 aromatic heterocycles. The van der Waals surface area contributed by atoms with E-state index in [0.29, 0.717) is 11.5 Å². The monoisotopic (exact) mass is 361 g/mol. The van der Waals surface area contributed by atoms with Gasteiger partial charge in [0.1, 0.15) is 5.82 Å². The molecule has 0 unspecified atom stereocenters. The van der Waals surface area contributed by atoms with Gasteiger partial charge in [0.15, 0.2) is 0 Å². The zero-order chi connectivity index (χ0) is 12.7. The van der Waals surface area contributed by atoms with Gasteiger partial charge in [-0.2, -0.15) is 0 Å². The van der Waals surface area contributed by atoms with Crippen LogP contribution in [0.3, 0.4) is 0 Å². The molecule has 0 spiro atoms. The number of benzene rings is 1. The lowest BCUT2D eigenvalue weighted by Gasteiger charge is -2.02. The number of rotatable bonds is 2. The molecule has 0 saturated carbocycles. The molecular formula is C12H10BrClFN3S. The lowest BCUT2D eigenvalue weighted by molar-refractivity contribution is 0.629.